The topological polar surface area (TPSA) is 92.7 Å². The van der Waals surface area contributed by atoms with Gasteiger partial charge in [-0.2, -0.15) is 0 Å². The second-order valence-electron chi connectivity index (χ2n) is 1.92. The van der Waals surface area contributed by atoms with Gasteiger partial charge in [0.2, 0.25) is 0 Å². The minimum absolute atomic E-state index is 0. The van der Waals surface area contributed by atoms with E-state index >= 15 is 0 Å². The van der Waals surface area contributed by atoms with Crippen molar-refractivity contribution in [3.63, 3.8) is 0 Å². The molecule has 0 spiro atoms. The van der Waals surface area contributed by atoms with Crippen molar-refractivity contribution < 1.29 is 127 Å². The molecular formula is C4H9K2O5P. The zero-order valence-corrected chi connectivity index (χ0v) is 14.7. The smallest absolute Gasteiger partial charge is 0.790 e. The Bertz CT molecular complexity index is 135. The molecule has 0 radical (unpaired) electrons. The van der Waals surface area contributed by atoms with Gasteiger partial charge in [0.25, 0.3) is 0 Å². The van der Waals surface area contributed by atoms with E-state index in [9.17, 15) is 14.4 Å². The predicted octanol–water partition coefficient (Wildman–Crippen LogP) is -7.39. The van der Waals surface area contributed by atoms with Crippen LogP contribution in [0.1, 0.15) is 13.3 Å². The zero-order valence-electron chi connectivity index (χ0n) is 7.52. The molecule has 12 heavy (non-hydrogen) atoms. The number of aliphatic hydroxyl groups is 1. The fraction of sp³-hybridized carbons (Fsp3) is 1.00. The second kappa shape index (κ2) is 10.8. The molecule has 0 fully saturated rings. The summed E-state index contributed by atoms with van der Waals surface area (Å²) in [5.74, 6) is 0. The minimum Gasteiger partial charge on any atom is -0.790 e. The number of rotatable bonds is 4. The molecule has 0 rings (SSSR count). The van der Waals surface area contributed by atoms with Gasteiger partial charge in [-0.1, -0.05) is 0 Å². The van der Waals surface area contributed by atoms with Crippen molar-refractivity contribution >= 4 is 7.82 Å². The Morgan fingerprint density at radius 1 is 1.50 bits per heavy atom. The summed E-state index contributed by atoms with van der Waals surface area (Å²) >= 11 is 0. The maximum atomic E-state index is 9.78. The van der Waals surface area contributed by atoms with E-state index in [1.54, 1.807) is 0 Å². The quantitative estimate of drug-likeness (QED) is 0.393. The van der Waals surface area contributed by atoms with Gasteiger partial charge >= 0.3 is 103 Å². The largest absolute Gasteiger partial charge is 1.00 e. The molecule has 62 valence electrons. The molecule has 0 amide bonds. The van der Waals surface area contributed by atoms with E-state index in [-0.39, 0.29) is 116 Å². The maximum Gasteiger partial charge on any atom is 1.00 e. The van der Waals surface area contributed by atoms with Gasteiger partial charge < -0.3 is 24.0 Å². The third-order valence-corrected chi connectivity index (χ3v) is 1.28. The van der Waals surface area contributed by atoms with Crippen LogP contribution in [0.2, 0.25) is 0 Å². The first-order valence-electron chi connectivity index (χ1n) is 2.76. The van der Waals surface area contributed by atoms with Crippen LogP contribution in [0.3, 0.4) is 0 Å². The molecule has 0 aliphatic rings. The number of phosphoric ester groups is 1. The van der Waals surface area contributed by atoms with Crippen molar-refractivity contribution in [3.05, 3.63) is 0 Å². The van der Waals surface area contributed by atoms with Crippen LogP contribution in [0.25, 0.3) is 0 Å². The summed E-state index contributed by atoms with van der Waals surface area (Å²) in [5.41, 5.74) is 0. The fourth-order valence-electron chi connectivity index (χ4n) is 0.335. The van der Waals surface area contributed by atoms with Gasteiger partial charge in [-0.3, -0.25) is 0 Å². The first kappa shape index (κ1) is 20.7. The molecule has 5 nitrogen and oxygen atoms in total. The number of hydrogen-bond acceptors (Lipinski definition) is 5. The summed E-state index contributed by atoms with van der Waals surface area (Å²) in [6.07, 6.45) is -0.499. The Hall–Kier alpha value is 3.34. The van der Waals surface area contributed by atoms with Crippen LogP contribution < -0.4 is 113 Å². The summed E-state index contributed by atoms with van der Waals surface area (Å²) in [7, 11) is -4.83. The van der Waals surface area contributed by atoms with Crippen LogP contribution >= 0.6 is 7.82 Å². The number of hydrogen-bond donors (Lipinski definition) is 1. The van der Waals surface area contributed by atoms with E-state index < -0.39 is 13.9 Å². The number of aliphatic hydroxyl groups excluding tert-OH is 1. The van der Waals surface area contributed by atoms with Crippen LogP contribution in [0.5, 0.6) is 0 Å². The van der Waals surface area contributed by atoms with E-state index in [0.717, 1.165) is 0 Å². The molecule has 0 aliphatic heterocycles. The van der Waals surface area contributed by atoms with Crippen molar-refractivity contribution in [1.82, 2.24) is 0 Å². The Morgan fingerprint density at radius 2 is 1.92 bits per heavy atom. The first-order chi connectivity index (χ1) is 4.42. The molecule has 1 unspecified atom stereocenters. The summed E-state index contributed by atoms with van der Waals surface area (Å²) in [6.45, 7) is 1.23. The van der Waals surface area contributed by atoms with Gasteiger partial charge in [-0.15, -0.1) is 0 Å². The van der Waals surface area contributed by atoms with Gasteiger partial charge in [0, 0.05) is 0 Å². The molecule has 8 heteroatoms. The van der Waals surface area contributed by atoms with Crippen molar-refractivity contribution in [2.75, 3.05) is 6.61 Å². The van der Waals surface area contributed by atoms with E-state index in [0.29, 0.717) is 0 Å². The van der Waals surface area contributed by atoms with Gasteiger partial charge in [-0.25, -0.2) is 0 Å². The van der Waals surface area contributed by atoms with E-state index in [4.69, 9.17) is 5.11 Å². The summed E-state index contributed by atoms with van der Waals surface area (Å²) < 4.78 is 13.6. The molecule has 0 bridgehead atoms. The fourth-order valence-corrected chi connectivity index (χ4v) is 0.664. The zero-order chi connectivity index (χ0) is 8.20. The Kier molecular flexibility index (Phi) is 18.7. The van der Waals surface area contributed by atoms with Crippen molar-refractivity contribution in [1.29, 1.82) is 0 Å². The first-order valence-corrected chi connectivity index (χ1v) is 4.22. The Balaban J connectivity index is -0.000000405. The molecule has 0 saturated heterocycles. The Morgan fingerprint density at radius 3 is 2.17 bits per heavy atom. The summed E-state index contributed by atoms with van der Waals surface area (Å²) in [5, 5.41) is 8.58. The van der Waals surface area contributed by atoms with Crippen molar-refractivity contribution in [3.8, 4) is 0 Å². The third kappa shape index (κ3) is 19.0. The van der Waals surface area contributed by atoms with Crippen LogP contribution in [-0.2, 0) is 9.09 Å². The van der Waals surface area contributed by atoms with Crippen LogP contribution in [0, 0.1) is 0 Å². The van der Waals surface area contributed by atoms with E-state index in [1.807, 2.05) is 0 Å². The monoisotopic (exact) mass is 246 g/mol. The van der Waals surface area contributed by atoms with Gasteiger partial charge in [-0.05, 0) is 13.3 Å². The minimum atomic E-state index is -4.83. The summed E-state index contributed by atoms with van der Waals surface area (Å²) in [4.78, 5) is 19.6. The SMILES string of the molecule is CC(O)CCOP(=O)([O-])[O-].[K+].[K+]. The Labute approximate surface area is 157 Å². The number of phosphoric acid groups is 1. The van der Waals surface area contributed by atoms with Gasteiger partial charge in [0.1, 0.15) is 0 Å². The average molecular weight is 246 g/mol. The standard InChI is InChI=1S/C4H11O5P.2K/c1-4(5)2-3-9-10(6,7)8;;/h4-5H,2-3H2,1H3,(H2,6,7,8);;/q;2*+1/p-2. The van der Waals surface area contributed by atoms with Crippen molar-refractivity contribution in [2.24, 2.45) is 0 Å². The van der Waals surface area contributed by atoms with Gasteiger partial charge in [0.15, 0.2) is 0 Å². The molecular weight excluding hydrogens is 237 g/mol. The second-order valence-corrected chi connectivity index (χ2v) is 3.07. The maximum absolute atomic E-state index is 9.78. The van der Waals surface area contributed by atoms with E-state index in [1.165, 1.54) is 6.92 Å². The molecule has 0 aromatic rings. The van der Waals surface area contributed by atoms with Crippen LogP contribution in [0.15, 0.2) is 0 Å². The molecule has 0 aromatic carbocycles. The molecule has 0 aromatic heterocycles. The molecule has 0 heterocycles. The molecule has 1 atom stereocenters. The predicted molar refractivity (Wildman–Crippen MR) is 29.9 cm³/mol. The normalized spacial score (nSPS) is 12.7. The average Bonchev–Trinajstić information content (AvgIpc) is 1.59. The molecule has 1 N–H and O–H groups in total. The van der Waals surface area contributed by atoms with E-state index in [2.05, 4.69) is 4.52 Å². The van der Waals surface area contributed by atoms with Crippen molar-refractivity contribution in [2.45, 2.75) is 19.4 Å². The molecule has 0 aliphatic carbocycles. The van der Waals surface area contributed by atoms with Crippen LogP contribution in [-0.4, -0.2) is 17.8 Å². The molecule has 0 saturated carbocycles. The van der Waals surface area contributed by atoms with Gasteiger partial charge in [0.05, 0.1) is 20.5 Å². The van der Waals surface area contributed by atoms with Crippen LogP contribution in [0.4, 0.5) is 0 Å². The third-order valence-electron chi connectivity index (χ3n) is 0.785. The summed E-state index contributed by atoms with van der Waals surface area (Å²) in [6, 6.07) is 0.